The van der Waals surface area contributed by atoms with Crippen molar-refractivity contribution in [1.29, 1.82) is 0 Å². The minimum absolute atomic E-state index is 0.230. The van der Waals surface area contributed by atoms with Crippen LogP contribution in [0.15, 0.2) is 0 Å². The molecule has 3 heteroatoms. The Morgan fingerprint density at radius 2 is 1.68 bits per heavy atom. The summed E-state index contributed by atoms with van der Waals surface area (Å²) in [5.74, 6) is 1.44. The van der Waals surface area contributed by atoms with Gasteiger partial charge in [-0.3, -0.25) is 4.79 Å². The summed E-state index contributed by atoms with van der Waals surface area (Å²) < 4.78 is 0. The molecule has 0 heterocycles. The minimum Gasteiger partial charge on any atom is -0.353 e. The molecule has 2 rings (SSSR count). The molecule has 0 aromatic carbocycles. The molecule has 2 saturated carbocycles. The summed E-state index contributed by atoms with van der Waals surface area (Å²) in [6.45, 7) is 2.27. The van der Waals surface area contributed by atoms with Crippen LogP contribution in [-0.4, -0.2) is 18.0 Å². The van der Waals surface area contributed by atoms with Gasteiger partial charge in [0.2, 0.25) is 5.91 Å². The lowest BCUT2D eigenvalue weighted by molar-refractivity contribution is -0.127. The van der Waals surface area contributed by atoms with E-state index in [4.69, 9.17) is 5.73 Å². The van der Waals surface area contributed by atoms with E-state index in [0.29, 0.717) is 18.0 Å². The maximum atomic E-state index is 12.2. The zero-order valence-corrected chi connectivity index (χ0v) is 12.4. The Bertz CT molecular complexity index is 276. The predicted octanol–water partition coefficient (Wildman–Crippen LogP) is 2.98. The van der Waals surface area contributed by atoms with Crippen molar-refractivity contribution in [3.8, 4) is 0 Å². The standard InChI is InChI=1S/C16H30N2O/c1-2-3-12-4-10-15(11-5-12)18-16(19)13-6-8-14(17)9-7-13/h12-15H,2-11,17H2,1H3,(H,18,19). The Hall–Kier alpha value is -0.570. The second kappa shape index (κ2) is 7.28. The number of nitrogens with two attached hydrogens (primary N) is 1. The Labute approximate surface area is 117 Å². The van der Waals surface area contributed by atoms with Crippen molar-refractivity contribution < 1.29 is 4.79 Å². The number of carbonyl (C=O) groups is 1. The molecule has 0 unspecified atom stereocenters. The zero-order valence-electron chi connectivity index (χ0n) is 12.4. The van der Waals surface area contributed by atoms with Gasteiger partial charge >= 0.3 is 0 Å². The van der Waals surface area contributed by atoms with Gasteiger partial charge in [-0.1, -0.05) is 19.8 Å². The molecule has 2 aliphatic rings. The zero-order chi connectivity index (χ0) is 13.7. The average molecular weight is 266 g/mol. The first-order valence-corrected chi connectivity index (χ1v) is 8.25. The van der Waals surface area contributed by atoms with Crippen molar-refractivity contribution in [3.63, 3.8) is 0 Å². The van der Waals surface area contributed by atoms with Crippen LogP contribution >= 0.6 is 0 Å². The Morgan fingerprint density at radius 3 is 2.26 bits per heavy atom. The fourth-order valence-corrected chi connectivity index (χ4v) is 3.70. The van der Waals surface area contributed by atoms with Gasteiger partial charge < -0.3 is 11.1 Å². The van der Waals surface area contributed by atoms with Gasteiger partial charge in [-0.25, -0.2) is 0 Å². The van der Waals surface area contributed by atoms with Crippen LogP contribution in [0.4, 0.5) is 0 Å². The number of amides is 1. The lowest BCUT2D eigenvalue weighted by atomic mass is 9.82. The highest BCUT2D eigenvalue weighted by atomic mass is 16.1. The molecule has 0 saturated heterocycles. The van der Waals surface area contributed by atoms with Crippen LogP contribution in [0.5, 0.6) is 0 Å². The number of hydrogen-bond donors (Lipinski definition) is 2. The molecular weight excluding hydrogens is 236 g/mol. The first-order valence-electron chi connectivity index (χ1n) is 8.25. The summed E-state index contributed by atoms with van der Waals surface area (Å²) >= 11 is 0. The van der Waals surface area contributed by atoms with E-state index in [1.54, 1.807) is 0 Å². The van der Waals surface area contributed by atoms with Crippen LogP contribution in [0, 0.1) is 11.8 Å². The van der Waals surface area contributed by atoms with Crippen molar-refractivity contribution in [2.75, 3.05) is 0 Å². The molecule has 110 valence electrons. The van der Waals surface area contributed by atoms with E-state index in [1.165, 1.54) is 38.5 Å². The summed E-state index contributed by atoms with van der Waals surface area (Å²) in [6.07, 6.45) is 11.6. The van der Waals surface area contributed by atoms with Gasteiger partial charge in [-0.15, -0.1) is 0 Å². The second-order valence-electron chi connectivity index (χ2n) is 6.63. The van der Waals surface area contributed by atoms with Crippen LogP contribution in [0.25, 0.3) is 0 Å². The summed E-state index contributed by atoms with van der Waals surface area (Å²) in [7, 11) is 0. The van der Waals surface area contributed by atoms with E-state index in [-0.39, 0.29) is 5.92 Å². The minimum atomic E-state index is 0.230. The van der Waals surface area contributed by atoms with Gasteiger partial charge in [0.25, 0.3) is 0 Å². The number of rotatable bonds is 4. The average Bonchev–Trinajstić information content (AvgIpc) is 2.42. The third kappa shape index (κ3) is 4.48. The van der Waals surface area contributed by atoms with Gasteiger partial charge in [0, 0.05) is 18.0 Å². The largest absolute Gasteiger partial charge is 0.353 e. The van der Waals surface area contributed by atoms with Crippen LogP contribution in [-0.2, 0) is 4.79 Å². The highest BCUT2D eigenvalue weighted by molar-refractivity contribution is 5.79. The number of carbonyl (C=O) groups excluding carboxylic acids is 1. The molecule has 3 nitrogen and oxygen atoms in total. The van der Waals surface area contributed by atoms with Crippen LogP contribution in [0.1, 0.15) is 71.1 Å². The lowest BCUT2D eigenvalue weighted by Crippen LogP contribution is -2.42. The van der Waals surface area contributed by atoms with E-state index < -0.39 is 0 Å². The summed E-state index contributed by atoms with van der Waals surface area (Å²) in [5, 5.41) is 3.29. The van der Waals surface area contributed by atoms with E-state index >= 15 is 0 Å². The quantitative estimate of drug-likeness (QED) is 0.822. The summed E-state index contributed by atoms with van der Waals surface area (Å²) in [4.78, 5) is 12.2. The van der Waals surface area contributed by atoms with Gasteiger partial charge in [0.1, 0.15) is 0 Å². The molecule has 0 atom stereocenters. The normalized spacial score (nSPS) is 35.9. The molecule has 0 radical (unpaired) electrons. The van der Waals surface area contributed by atoms with Crippen molar-refractivity contribution in [2.45, 2.75) is 83.2 Å². The maximum absolute atomic E-state index is 12.2. The highest BCUT2D eigenvalue weighted by Crippen LogP contribution is 2.29. The molecule has 1 amide bonds. The van der Waals surface area contributed by atoms with Crippen molar-refractivity contribution >= 4 is 5.91 Å². The molecular formula is C16H30N2O. The molecule has 0 spiro atoms. The SMILES string of the molecule is CCCC1CCC(NC(=O)C2CCC(N)CC2)CC1. The molecule has 2 aliphatic carbocycles. The van der Waals surface area contributed by atoms with Crippen LogP contribution in [0.2, 0.25) is 0 Å². The maximum Gasteiger partial charge on any atom is 0.223 e. The third-order valence-corrected chi connectivity index (χ3v) is 5.03. The van der Waals surface area contributed by atoms with E-state index in [2.05, 4.69) is 12.2 Å². The Balaban J connectivity index is 1.69. The van der Waals surface area contributed by atoms with Gasteiger partial charge in [-0.05, 0) is 57.3 Å². The van der Waals surface area contributed by atoms with Crippen molar-refractivity contribution in [3.05, 3.63) is 0 Å². The van der Waals surface area contributed by atoms with Gasteiger partial charge in [-0.2, -0.15) is 0 Å². The fraction of sp³-hybridized carbons (Fsp3) is 0.938. The highest BCUT2D eigenvalue weighted by Gasteiger charge is 2.27. The smallest absolute Gasteiger partial charge is 0.223 e. The topological polar surface area (TPSA) is 55.1 Å². The fourth-order valence-electron chi connectivity index (χ4n) is 3.70. The molecule has 0 aliphatic heterocycles. The Kier molecular flexibility index (Phi) is 5.68. The molecule has 19 heavy (non-hydrogen) atoms. The first kappa shape index (κ1) is 14.8. The second-order valence-corrected chi connectivity index (χ2v) is 6.63. The van der Waals surface area contributed by atoms with E-state index in [1.807, 2.05) is 0 Å². The summed E-state index contributed by atoms with van der Waals surface area (Å²) in [5.41, 5.74) is 5.89. The monoisotopic (exact) mass is 266 g/mol. The van der Waals surface area contributed by atoms with Gasteiger partial charge in [0.05, 0.1) is 0 Å². The molecule has 3 N–H and O–H groups in total. The van der Waals surface area contributed by atoms with Gasteiger partial charge in [0.15, 0.2) is 0 Å². The van der Waals surface area contributed by atoms with E-state index in [9.17, 15) is 4.79 Å². The predicted molar refractivity (Wildman–Crippen MR) is 78.7 cm³/mol. The lowest BCUT2D eigenvalue weighted by Gasteiger charge is -2.31. The molecule has 0 aromatic heterocycles. The third-order valence-electron chi connectivity index (χ3n) is 5.03. The van der Waals surface area contributed by atoms with Crippen molar-refractivity contribution in [2.24, 2.45) is 17.6 Å². The molecule has 2 fully saturated rings. The first-order chi connectivity index (χ1) is 9.19. The molecule has 0 aromatic rings. The molecule has 0 bridgehead atoms. The van der Waals surface area contributed by atoms with E-state index in [0.717, 1.165) is 31.6 Å². The van der Waals surface area contributed by atoms with Crippen LogP contribution < -0.4 is 11.1 Å². The van der Waals surface area contributed by atoms with Crippen molar-refractivity contribution in [1.82, 2.24) is 5.32 Å². The Morgan fingerprint density at radius 1 is 1.05 bits per heavy atom. The van der Waals surface area contributed by atoms with Crippen LogP contribution in [0.3, 0.4) is 0 Å². The summed E-state index contributed by atoms with van der Waals surface area (Å²) in [6, 6.07) is 0.768. The number of nitrogens with one attached hydrogen (secondary N) is 1. The number of hydrogen-bond acceptors (Lipinski definition) is 2.